The van der Waals surface area contributed by atoms with Crippen molar-refractivity contribution in [2.75, 3.05) is 13.2 Å². The van der Waals surface area contributed by atoms with Crippen molar-refractivity contribution in [2.24, 2.45) is 0 Å². The summed E-state index contributed by atoms with van der Waals surface area (Å²) < 4.78 is 16.5. The molecule has 116 valence electrons. The maximum atomic E-state index is 10.1. The normalized spacial score (nSPS) is 24.1. The lowest BCUT2D eigenvalue weighted by molar-refractivity contribution is -0.147. The summed E-state index contributed by atoms with van der Waals surface area (Å²) in [5, 5.41) is 10.1. The van der Waals surface area contributed by atoms with Crippen LogP contribution in [-0.2, 0) is 14.2 Å². The van der Waals surface area contributed by atoms with Crippen LogP contribution in [0.5, 0.6) is 0 Å². The second-order valence-electron chi connectivity index (χ2n) is 4.77. The van der Waals surface area contributed by atoms with Gasteiger partial charge in [0.25, 0.3) is 0 Å². The average Bonchev–Trinajstić information content (AvgIpc) is 3.22. The van der Waals surface area contributed by atoms with Gasteiger partial charge in [-0.15, -0.1) is 0 Å². The molecule has 3 atom stereocenters. The van der Waals surface area contributed by atoms with E-state index in [0.29, 0.717) is 19.6 Å². The van der Waals surface area contributed by atoms with E-state index in [2.05, 4.69) is 18.2 Å². The minimum atomic E-state index is -0.449. The number of ether oxygens (including phenoxy) is 3. The maximum Gasteiger partial charge on any atom is 0.186 e. The van der Waals surface area contributed by atoms with Crippen molar-refractivity contribution in [2.45, 2.75) is 64.6 Å². The van der Waals surface area contributed by atoms with Crippen LogP contribution in [0.25, 0.3) is 0 Å². The molecule has 0 aromatic heterocycles. The summed E-state index contributed by atoms with van der Waals surface area (Å²) in [6.07, 6.45) is 9.78. The van der Waals surface area contributed by atoms with Crippen molar-refractivity contribution >= 4 is 0 Å². The number of aliphatic hydroxyl groups excluding tert-OH is 1. The molecule has 0 unspecified atom stereocenters. The highest BCUT2D eigenvalue weighted by molar-refractivity contribution is 4.96. The summed E-state index contributed by atoms with van der Waals surface area (Å²) in [5.41, 5.74) is 0. The van der Waals surface area contributed by atoms with Crippen LogP contribution in [0.1, 0.15) is 40.0 Å². The largest absolute Gasteiger partial charge is 0.390 e. The van der Waals surface area contributed by atoms with E-state index in [9.17, 15) is 5.11 Å². The van der Waals surface area contributed by atoms with Crippen molar-refractivity contribution in [1.29, 1.82) is 0 Å². The molecule has 0 amide bonds. The molecule has 0 aromatic rings. The van der Waals surface area contributed by atoms with E-state index in [1.807, 2.05) is 26.8 Å². The molecule has 4 heteroatoms. The van der Waals surface area contributed by atoms with Crippen LogP contribution in [-0.4, -0.2) is 42.9 Å². The molecule has 1 aliphatic heterocycles. The summed E-state index contributed by atoms with van der Waals surface area (Å²) in [6.45, 7) is 7.03. The third-order valence-corrected chi connectivity index (χ3v) is 3.17. The summed E-state index contributed by atoms with van der Waals surface area (Å²) in [5.74, 6) is 0. The summed E-state index contributed by atoms with van der Waals surface area (Å²) in [6, 6.07) is 0. The average molecular weight is 284 g/mol. The van der Waals surface area contributed by atoms with Crippen LogP contribution in [0.2, 0.25) is 0 Å². The van der Waals surface area contributed by atoms with Gasteiger partial charge in [-0.25, -0.2) is 0 Å². The van der Waals surface area contributed by atoms with Gasteiger partial charge in [0.05, 0.1) is 6.10 Å². The molecular weight excluding hydrogens is 256 g/mol. The molecule has 1 heterocycles. The minimum Gasteiger partial charge on any atom is -0.390 e. The number of rotatable bonds is 11. The quantitative estimate of drug-likeness (QED) is 0.360. The minimum absolute atomic E-state index is 0.128. The Morgan fingerprint density at radius 1 is 1.10 bits per heavy atom. The highest BCUT2D eigenvalue weighted by atomic mass is 16.7. The Bertz CT molecular complexity index is 295. The topological polar surface area (TPSA) is 51.2 Å². The van der Waals surface area contributed by atoms with Crippen LogP contribution in [0.15, 0.2) is 24.3 Å². The fourth-order valence-corrected chi connectivity index (χ4v) is 2.09. The third-order valence-electron chi connectivity index (χ3n) is 3.17. The Morgan fingerprint density at radius 3 is 2.40 bits per heavy atom. The Balaban J connectivity index is 2.21. The number of aliphatic hydroxyl groups is 1. The van der Waals surface area contributed by atoms with E-state index >= 15 is 0 Å². The molecule has 1 aliphatic rings. The number of allylic oxidation sites excluding steroid dienone is 4. The van der Waals surface area contributed by atoms with Crippen molar-refractivity contribution in [3.05, 3.63) is 24.3 Å². The standard InChI is InChI=1S/C16H28O4/c1-4-7-8-9-10-11-12-13(17)14-15(20-14)16(18-5-2)19-6-3/h4,7,9-10,13-17H,5-6,8,11-12H2,1-3H3/b7-4+,10-9+/t13-,14+,15+/m0/s1. The van der Waals surface area contributed by atoms with Crippen LogP contribution in [0, 0.1) is 0 Å². The second-order valence-corrected chi connectivity index (χ2v) is 4.77. The molecule has 1 fully saturated rings. The van der Waals surface area contributed by atoms with Gasteiger partial charge >= 0.3 is 0 Å². The van der Waals surface area contributed by atoms with E-state index < -0.39 is 6.10 Å². The van der Waals surface area contributed by atoms with Gasteiger partial charge in [0.15, 0.2) is 6.29 Å². The molecule has 0 bridgehead atoms. The van der Waals surface area contributed by atoms with E-state index in [-0.39, 0.29) is 18.5 Å². The Kier molecular flexibility index (Phi) is 8.78. The summed E-state index contributed by atoms with van der Waals surface area (Å²) in [4.78, 5) is 0. The summed E-state index contributed by atoms with van der Waals surface area (Å²) in [7, 11) is 0. The SMILES string of the molecule is C/C=C/C/C=C/CC[C@H](O)[C@H]1O[C@H]1C(OCC)OCC. The van der Waals surface area contributed by atoms with Crippen molar-refractivity contribution in [1.82, 2.24) is 0 Å². The Hall–Kier alpha value is -0.680. The molecule has 0 aromatic carbocycles. The molecule has 20 heavy (non-hydrogen) atoms. The van der Waals surface area contributed by atoms with Gasteiger partial charge in [-0.1, -0.05) is 24.3 Å². The van der Waals surface area contributed by atoms with Crippen molar-refractivity contribution in [3.8, 4) is 0 Å². The second kappa shape index (κ2) is 10.1. The monoisotopic (exact) mass is 284 g/mol. The molecule has 1 rings (SSSR count). The van der Waals surface area contributed by atoms with E-state index in [4.69, 9.17) is 14.2 Å². The van der Waals surface area contributed by atoms with Crippen LogP contribution >= 0.6 is 0 Å². The van der Waals surface area contributed by atoms with Gasteiger partial charge in [0.1, 0.15) is 12.2 Å². The zero-order valence-corrected chi connectivity index (χ0v) is 12.8. The summed E-state index contributed by atoms with van der Waals surface area (Å²) >= 11 is 0. The lowest BCUT2D eigenvalue weighted by Crippen LogP contribution is -2.28. The smallest absolute Gasteiger partial charge is 0.186 e. The first kappa shape index (κ1) is 17.4. The van der Waals surface area contributed by atoms with Crippen LogP contribution in [0.4, 0.5) is 0 Å². The predicted octanol–water partition coefficient (Wildman–Crippen LogP) is 2.82. The van der Waals surface area contributed by atoms with Gasteiger partial charge in [-0.3, -0.25) is 0 Å². The number of hydrogen-bond acceptors (Lipinski definition) is 4. The zero-order valence-electron chi connectivity index (χ0n) is 12.8. The maximum absolute atomic E-state index is 10.1. The molecule has 4 nitrogen and oxygen atoms in total. The Labute approximate surface area is 122 Å². The predicted molar refractivity (Wildman–Crippen MR) is 79.5 cm³/mol. The lowest BCUT2D eigenvalue weighted by Gasteiger charge is -2.15. The van der Waals surface area contributed by atoms with Gasteiger partial charge in [0.2, 0.25) is 0 Å². The van der Waals surface area contributed by atoms with E-state index in [1.165, 1.54) is 0 Å². The van der Waals surface area contributed by atoms with Crippen LogP contribution in [0.3, 0.4) is 0 Å². The third kappa shape index (κ3) is 6.18. The fraction of sp³-hybridized carbons (Fsp3) is 0.750. The first-order valence-electron chi connectivity index (χ1n) is 7.57. The highest BCUT2D eigenvalue weighted by Crippen LogP contribution is 2.32. The Morgan fingerprint density at radius 2 is 1.80 bits per heavy atom. The molecule has 0 saturated carbocycles. The number of hydrogen-bond donors (Lipinski definition) is 1. The van der Waals surface area contributed by atoms with Crippen LogP contribution < -0.4 is 0 Å². The molecule has 1 N–H and O–H groups in total. The first-order chi connectivity index (χ1) is 9.74. The van der Waals surface area contributed by atoms with Gasteiger partial charge < -0.3 is 19.3 Å². The highest BCUT2D eigenvalue weighted by Gasteiger charge is 2.50. The molecule has 0 aliphatic carbocycles. The van der Waals surface area contributed by atoms with Gasteiger partial charge in [-0.05, 0) is 40.0 Å². The van der Waals surface area contributed by atoms with E-state index in [1.54, 1.807) is 0 Å². The zero-order chi connectivity index (χ0) is 14.8. The number of epoxide rings is 1. The molecular formula is C16H28O4. The molecule has 1 saturated heterocycles. The fourth-order valence-electron chi connectivity index (χ4n) is 2.09. The molecule has 0 spiro atoms. The van der Waals surface area contributed by atoms with Crippen molar-refractivity contribution in [3.63, 3.8) is 0 Å². The van der Waals surface area contributed by atoms with Crippen molar-refractivity contribution < 1.29 is 19.3 Å². The first-order valence-corrected chi connectivity index (χ1v) is 7.57. The van der Waals surface area contributed by atoms with Gasteiger partial charge in [0, 0.05) is 13.2 Å². The lowest BCUT2D eigenvalue weighted by atomic mass is 10.1. The van der Waals surface area contributed by atoms with E-state index in [0.717, 1.165) is 12.8 Å². The van der Waals surface area contributed by atoms with Gasteiger partial charge in [-0.2, -0.15) is 0 Å². The molecule has 0 radical (unpaired) electrons.